The highest BCUT2D eigenvalue weighted by Crippen LogP contribution is 2.32. The van der Waals surface area contributed by atoms with Gasteiger partial charge >= 0.3 is 0 Å². The summed E-state index contributed by atoms with van der Waals surface area (Å²) in [5.41, 5.74) is 6.90. The highest BCUT2D eigenvalue weighted by Gasteiger charge is 2.25. The van der Waals surface area contributed by atoms with E-state index >= 15 is 0 Å². The summed E-state index contributed by atoms with van der Waals surface area (Å²) < 4.78 is 1.98. The van der Waals surface area contributed by atoms with E-state index in [1.54, 1.807) is 6.33 Å². The molecule has 2 aromatic heterocycles. The zero-order valence-corrected chi connectivity index (χ0v) is 11.2. The fraction of sp³-hybridized carbons (Fsp3) is 0.583. The van der Waals surface area contributed by atoms with Gasteiger partial charge in [0.15, 0.2) is 10.8 Å². The monoisotopic (exact) mass is 281 g/mol. The fourth-order valence-corrected chi connectivity index (χ4v) is 3.07. The molecule has 0 aromatic carbocycles. The number of nitrogen functional groups attached to an aromatic ring is 1. The number of aliphatic hydroxyl groups is 1. The van der Waals surface area contributed by atoms with Crippen molar-refractivity contribution in [1.29, 1.82) is 0 Å². The first-order chi connectivity index (χ1) is 9.17. The number of imidazole rings is 1. The summed E-state index contributed by atoms with van der Waals surface area (Å²) in [5, 5.41) is 9.47. The van der Waals surface area contributed by atoms with Gasteiger partial charge in [-0.1, -0.05) is 11.6 Å². The molecule has 2 atom stereocenters. The Morgan fingerprint density at radius 3 is 2.89 bits per heavy atom. The van der Waals surface area contributed by atoms with Crippen LogP contribution in [0.25, 0.3) is 11.2 Å². The highest BCUT2D eigenvalue weighted by molar-refractivity contribution is 6.33. The molecule has 1 saturated carbocycles. The molecule has 0 spiro atoms. The molecule has 3 N–H and O–H groups in total. The molecule has 0 aliphatic heterocycles. The van der Waals surface area contributed by atoms with Crippen LogP contribution in [0.2, 0.25) is 5.15 Å². The lowest BCUT2D eigenvalue weighted by atomic mass is 10.1. The van der Waals surface area contributed by atoms with Gasteiger partial charge in [-0.25, -0.2) is 4.98 Å². The van der Waals surface area contributed by atoms with Crippen molar-refractivity contribution in [3.8, 4) is 0 Å². The van der Waals surface area contributed by atoms with Crippen LogP contribution in [0.15, 0.2) is 6.33 Å². The van der Waals surface area contributed by atoms with Crippen molar-refractivity contribution in [2.75, 3.05) is 12.3 Å². The maximum atomic E-state index is 9.18. The lowest BCUT2D eigenvalue weighted by Gasteiger charge is -2.11. The first kappa shape index (κ1) is 12.6. The molecule has 102 valence electrons. The molecule has 1 aliphatic rings. The fourth-order valence-electron chi connectivity index (χ4n) is 2.85. The van der Waals surface area contributed by atoms with Crippen LogP contribution >= 0.6 is 11.6 Å². The second-order valence-electron chi connectivity index (χ2n) is 5.17. The Bertz CT molecular complexity index is 599. The topological polar surface area (TPSA) is 89.8 Å². The number of aromatic nitrogens is 4. The zero-order chi connectivity index (χ0) is 13.4. The van der Waals surface area contributed by atoms with E-state index in [1.807, 2.05) is 4.57 Å². The number of hydrogen-bond acceptors (Lipinski definition) is 5. The Labute approximate surface area is 115 Å². The third-order valence-corrected chi connectivity index (χ3v) is 4.07. The number of halogens is 1. The minimum Gasteiger partial charge on any atom is -0.396 e. The molecule has 0 amide bonds. The minimum atomic E-state index is 0.166. The Balaban J connectivity index is 1.86. The molecular formula is C12H16ClN5O. The van der Waals surface area contributed by atoms with Crippen LogP contribution in [-0.2, 0) is 6.54 Å². The number of fused-ring (bicyclic) bond motifs is 1. The summed E-state index contributed by atoms with van der Waals surface area (Å²) in [5.74, 6) is 1.14. The van der Waals surface area contributed by atoms with Gasteiger partial charge in [0.1, 0.15) is 5.52 Å². The Morgan fingerprint density at radius 1 is 1.37 bits per heavy atom. The maximum absolute atomic E-state index is 9.18. The second kappa shape index (κ2) is 4.94. The van der Waals surface area contributed by atoms with Crippen molar-refractivity contribution in [1.82, 2.24) is 19.5 Å². The zero-order valence-electron chi connectivity index (χ0n) is 10.5. The van der Waals surface area contributed by atoms with Crippen LogP contribution in [-0.4, -0.2) is 31.2 Å². The van der Waals surface area contributed by atoms with Gasteiger partial charge in [-0.15, -0.1) is 0 Å². The van der Waals surface area contributed by atoms with Gasteiger partial charge in [-0.05, 0) is 31.1 Å². The second-order valence-corrected chi connectivity index (χ2v) is 5.53. The summed E-state index contributed by atoms with van der Waals surface area (Å²) in [6.07, 6.45) is 4.99. The predicted molar refractivity (Wildman–Crippen MR) is 72.7 cm³/mol. The van der Waals surface area contributed by atoms with E-state index < -0.39 is 0 Å². The van der Waals surface area contributed by atoms with Crippen molar-refractivity contribution in [2.45, 2.75) is 25.8 Å². The van der Waals surface area contributed by atoms with Crippen LogP contribution in [0.3, 0.4) is 0 Å². The normalized spacial score (nSPS) is 23.3. The Kier molecular flexibility index (Phi) is 3.28. The van der Waals surface area contributed by atoms with Gasteiger partial charge < -0.3 is 15.4 Å². The van der Waals surface area contributed by atoms with Crippen LogP contribution in [0, 0.1) is 11.8 Å². The van der Waals surface area contributed by atoms with Crippen molar-refractivity contribution < 1.29 is 5.11 Å². The van der Waals surface area contributed by atoms with Crippen LogP contribution < -0.4 is 5.73 Å². The molecule has 1 aliphatic carbocycles. The minimum absolute atomic E-state index is 0.166. The largest absolute Gasteiger partial charge is 0.396 e. The predicted octanol–water partition coefficient (Wildman–Crippen LogP) is 1.47. The quantitative estimate of drug-likeness (QED) is 0.832. The van der Waals surface area contributed by atoms with Crippen LogP contribution in [0.5, 0.6) is 0 Å². The van der Waals surface area contributed by atoms with Gasteiger partial charge in [0.25, 0.3) is 0 Å². The number of rotatable bonds is 3. The lowest BCUT2D eigenvalue weighted by molar-refractivity contribution is 0.225. The van der Waals surface area contributed by atoms with E-state index in [2.05, 4.69) is 15.0 Å². The molecule has 0 saturated heterocycles. The van der Waals surface area contributed by atoms with Gasteiger partial charge in [0.2, 0.25) is 5.95 Å². The van der Waals surface area contributed by atoms with Crippen LogP contribution in [0.1, 0.15) is 19.3 Å². The summed E-state index contributed by atoms with van der Waals surface area (Å²) in [4.78, 5) is 12.3. The third kappa shape index (κ3) is 2.37. The van der Waals surface area contributed by atoms with E-state index in [0.717, 1.165) is 25.8 Å². The molecule has 3 rings (SSSR count). The Morgan fingerprint density at radius 2 is 2.16 bits per heavy atom. The summed E-state index contributed by atoms with van der Waals surface area (Å²) in [6, 6.07) is 0. The first-order valence-electron chi connectivity index (χ1n) is 6.42. The number of anilines is 1. The smallest absolute Gasteiger partial charge is 0.223 e. The lowest BCUT2D eigenvalue weighted by Crippen LogP contribution is -2.09. The first-order valence-corrected chi connectivity index (χ1v) is 6.80. The van der Waals surface area contributed by atoms with E-state index in [4.69, 9.17) is 17.3 Å². The number of aliphatic hydroxyl groups excluding tert-OH is 1. The maximum Gasteiger partial charge on any atom is 0.223 e. The molecule has 0 bridgehead atoms. The van der Waals surface area contributed by atoms with Crippen LogP contribution in [0.4, 0.5) is 5.95 Å². The molecule has 2 heterocycles. The summed E-state index contributed by atoms with van der Waals surface area (Å²) in [7, 11) is 0. The Hall–Kier alpha value is -1.40. The molecular weight excluding hydrogens is 266 g/mol. The SMILES string of the molecule is Nc1nc(Cl)c2ncn(C[C@H]3CC[C@@H](CO)C3)c2n1. The van der Waals surface area contributed by atoms with Crippen molar-refractivity contribution >= 4 is 28.7 Å². The number of nitrogens with zero attached hydrogens (tertiary/aromatic N) is 4. The van der Waals surface area contributed by atoms with E-state index in [1.165, 1.54) is 0 Å². The molecule has 0 radical (unpaired) electrons. The van der Waals surface area contributed by atoms with E-state index in [-0.39, 0.29) is 12.6 Å². The molecule has 2 aromatic rings. The van der Waals surface area contributed by atoms with E-state index in [9.17, 15) is 5.11 Å². The van der Waals surface area contributed by atoms with E-state index in [0.29, 0.717) is 28.2 Å². The van der Waals surface area contributed by atoms with Crippen molar-refractivity contribution in [3.63, 3.8) is 0 Å². The number of hydrogen-bond donors (Lipinski definition) is 2. The van der Waals surface area contributed by atoms with Crippen molar-refractivity contribution in [3.05, 3.63) is 11.5 Å². The molecule has 7 heteroatoms. The standard InChI is InChI=1S/C12H16ClN5O/c13-10-9-11(17-12(14)16-10)18(6-15-9)4-7-1-2-8(3-7)5-19/h6-8,19H,1-5H2,(H2,14,16,17)/t7-,8+/m0/s1. The summed E-state index contributed by atoms with van der Waals surface area (Å²) in [6.45, 7) is 1.11. The summed E-state index contributed by atoms with van der Waals surface area (Å²) >= 11 is 6.00. The third-order valence-electron chi connectivity index (χ3n) is 3.80. The van der Waals surface area contributed by atoms with Gasteiger partial charge in [0, 0.05) is 13.2 Å². The molecule has 19 heavy (non-hydrogen) atoms. The highest BCUT2D eigenvalue weighted by atomic mass is 35.5. The number of nitrogens with two attached hydrogens (primary N) is 1. The molecule has 0 unspecified atom stereocenters. The van der Waals surface area contributed by atoms with Gasteiger partial charge in [-0.2, -0.15) is 9.97 Å². The van der Waals surface area contributed by atoms with Gasteiger partial charge in [0.05, 0.1) is 6.33 Å². The molecule has 1 fully saturated rings. The average Bonchev–Trinajstić information content (AvgIpc) is 2.97. The van der Waals surface area contributed by atoms with Gasteiger partial charge in [-0.3, -0.25) is 0 Å². The van der Waals surface area contributed by atoms with Crippen molar-refractivity contribution in [2.24, 2.45) is 11.8 Å². The molecule has 6 nitrogen and oxygen atoms in total. The average molecular weight is 282 g/mol.